The Morgan fingerprint density at radius 1 is 0.420 bits per heavy atom. The van der Waals surface area contributed by atoms with Crippen molar-refractivity contribution in [1.82, 2.24) is 0 Å². The molecule has 7 heteroatoms. The zero-order chi connectivity index (χ0) is 45.6. The molecule has 0 saturated heterocycles. The largest absolute Gasteiger partial charge is 0.551 e. The van der Waals surface area contributed by atoms with E-state index in [0.29, 0.717) is 0 Å². The van der Waals surface area contributed by atoms with Crippen molar-refractivity contribution in [3.8, 4) is 45.3 Å². The number of nitrogens with zero attached hydrogens (tertiary/aromatic N) is 2. The molecule has 0 atom stereocenters. The molecule has 0 unspecified atom stereocenters. The monoisotopic (exact) mass is 884 g/mol. The summed E-state index contributed by atoms with van der Waals surface area (Å²) >= 11 is 0. The number of hydrogen-bond donors (Lipinski definition) is 0. The van der Waals surface area contributed by atoms with Crippen LogP contribution in [0.5, 0.6) is 23.0 Å². The van der Waals surface area contributed by atoms with Crippen molar-refractivity contribution in [2.24, 2.45) is 0 Å². The van der Waals surface area contributed by atoms with E-state index in [1.807, 2.05) is 0 Å². The van der Waals surface area contributed by atoms with Crippen LogP contribution in [-0.2, 0) is 0 Å². The minimum absolute atomic E-state index is 0.0248. The van der Waals surface area contributed by atoms with Crippen LogP contribution in [-0.4, -0.2) is 13.8 Å². The van der Waals surface area contributed by atoms with Gasteiger partial charge in [-0.25, -0.2) is 0 Å². The highest BCUT2D eigenvalue weighted by Gasteiger charge is 2.48. The van der Waals surface area contributed by atoms with Crippen LogP contribution in [0.2, 0.25) is 0 Å². The summed E-state index contributed by atoms with van der Waals surface area (Å²) in [4.78, 5) is 4.79. The van der Waals surface area contributed by atoms with Gasteiger partial charge in [-0.15, -0.1) is 0 Å². The molecular formula is C62H42B2N2O3. The van der Waals surface area contributed by atoms with E-state index in [4.69, 9.17) is 14.0 Å². The second-order valence-electron chi connectivity index (χ2n) is 18.3. The summed E-state index contributed by atoms with van der Waals surface area (Å²) in [5.74, 6) is 3.29. The molecule has 10 aromatic carbocycles. The maximum Gasteiger partial charge on any atom is 0.434 e. The Balaban J connectivity index is 1.02. The summed E-state index contributed by atoms with van der Waals surface area (Å²) < 4.78 is 22.0. The minimum atomic E-state index is -0.423. The van der Waals surface area contributed by atoms with E-state index in [-0.39, 0.29) is 5.92 Å². The normalized spacial score (nSPS) is 13.1. The molecule has 5 nitrogen and oxygen atoms in total. The molecule has 0 amide bonds. The summed E-state index contributed by atoms with van der Waals surface area (Å²) in [6, 6.07) is 82.2. The Morgan fingerprint density at radius 2 is 0.928 bits per heavy atom. The van der Waals surface area contributed by atoms with Crippen LogP contribution in [0, 0.1) is 6.92 Å². The highest BCUT2D eigenvalue weighted by molar-refractivity contribution is 6.88. The molecule has 324 valence electrons. The summed E-state index contributed by atoms with van der Waals surface area (Å²) in [5, 5.41) is 0. The predicted octanol–water partition coefficient (Wildman–Crippen LogP) is 12.9. The van der Waals surface area contributed by atoms with Gasteiger partial charge in [0, 0.05) is 67.4 Å². The first-order valence-corrected chi connectivity index (χ1v) is 23.7. The second kappa shape index (κ2) is 15.7. The summed E-state index contributed by atoms with van der Waals surface area (Å²) in [5.41, 5.74) is 19.5. The average molecular weight is 885 g/mol. The number of anilines is 6. The van der Waals surface area contributed by atoms with Crippen LogP contribution in [0.1, 0.15) is 28.2 Å². The van der Waals surface area contributed by atoms with Gasteiger partial charge in [-0.2, -0.15) is 0 Å². The minimum Gasteiger partial charge on any atom is -0.551 e. The van der Waals surface area contributed by atoms with E-state index in [2.05, 4.69) is 247 Å². The Bertz CT molecular complexity index is 3550. The Hall–Kier alpha value is -8.67. The average Bonchev–Trinajstić information content (AvgIpc) is 3.41. The van der Waals surface area contributed by atoms with Crippen molar-refractivity contribution < 1.29 is 14.0 Å². The van der Waals surface area contributed by atoms with Gasteiger partial charge < -0.3 is 23.8 Å². The molecule has 69 heavy (non-hydrogen) atoms. The van der Waals surface area contributed by atoms with Gasteiger partial charge in [0.25, 0.3) is 0 Å². The van der Waals surface area contributed by atoms with E-state index in [1.54, 1.807) is 0 Å². The number of fused-ring (bicyclic) bond motifs is 8. The number of hydrogen-bond acceptors (Lipinski definition) is 5. The lowest BCUT2D eigenvalue weighted by molar-refractivity contribution is 0.475. The van der Waals surface area contributed by atoms with Gasteiger partial charge in [-0.05, 0) is 107 Å². The van der Waals surface area contributed by atoms with Crippen molar-refractivity contribution in [2.45, 2.75) is 12.8 Å². The SMILES string of the molecule is Cc1c2c(cc3c1N(c1ccccc1)c1cc(N(c4ccccc4)c4ccccc4)cc4c1B3Oc1ccccc1-4)B1Oc3ccccc3-c3cc(C(c4ccccc4)c4ccccc4)cc(c31)O2. The third kappa shape index (κ3) is 6.20. The summed E-state index contributed by atoms with van der Waals surface area (Å²) in [6.45, 7) is 1.37. The van der Waals surface area contributed by atoms with Crippen molar-refractivity contribution in [2.75, 3.05) is 9.80 Å². The van der Waals surface area contributed by atoms with Crippen LogP contribution in [0.3, 0.4) is 0 Å². The molecule has 0 N–H and O–H groups in total. The summed E-state index contributed by atoms with van der Waals surface area (Å²) in [6.07, 6.45) is 0. The number of rotatable bonds is 7. The molecule has 0 radical (unpaired) electrons. The van der Waals surface area contributed by atoms with E-state index >= 15 is 0 Å². The van der Waals surface area contributed by atoms with E-state index < -0.39 is 13.8 Å². The third-order valence-corrected chi connectivity index (χ3v) is 14.4. The van der Waals surface area contributed by atoms with Crippen molar-refractivity contribution >= 4 is 69.8 Å². The molecule has 14 rings (SSSR count). The first-order chi connectivity index (χ1) is 34.2. The van der Waals surface area contributed by atoms with Crippen molar-refractivity contribution in [1.29, 1.82) is 0 Å². The molecule has 4 aliphatic heterocycles. The third-order valence-electron chi connectivity index (χ3n) is 14.4. The van der Waals surface area contributed by atoms with Gasteiger partial charge in [0.2, 0.25) is 0 Å². The number of para-hydroxylation sites is 5. The number of benzene rings is 10. The van der Waals surface area contributed by atoms with Crippen LogP contribution >= 0.6 is 0 Å². The van der Waals surface area contributed by atoms with Gasteiger partial charge >= 0.3 is 13.8 Å². The molecule has 0 spiro atoms. The first kappa shape index (κ1) is 39.5. The first-order valence-electron chi connectivity index (χ1n) is 23.7. The highest BCUT2D eigenvalue weighted by Crippen LogP contribution is 2.50. The molecular weight excluding hydrogens is 842 g/mol. The van der Waals surface area contributed by atoms with E-state index in [9.17, 15) is 0 Å². The van der Waals surface area contributed by atoms with Crippen LogP contribution in [0.15, 0.2) is 231 Å². The smallest absolute Gasteiger partial charge is 0.434 e. The molecule has 0 aromatic heterocycles. The quantitative estimate of drug-likeness (QED) is 0.118. The van der Waals surface area contributed by atoms with Gasteiger partial charge in [0.15, 0.2) is 0 Å². The summed E-state index contributed by atoms with van der Waals surface area (Å²) in [7, 11) is 0. The van der Waals surface area contributed by atoms with Crippen molar-refractivity contribution in [3.63, 3.8) is 0 Å². The lowest BCUT2D eigenvalue weighted by Gasteiger charge is -2.43. The molecule has 4 aliphatic rings. The van der Waals surface area contributed by atoms with Gasteiger partial charge in [-0.1, -0.05) is 164 Å². The molecule has 0 fully saturated rings. The topological polar surface area (TPSA) is 34.2 Å². The molecule has 0 saturated carbocycles. The van der Waals surface area contributed by atoms with Crippen LogP contribution in [0.25, 0.3) is 22.3 Å². The lowest BCUT2D eigenvalue weighted by Crippen LogP contribution is -2.60. The molecule has 4 heterocycles. The molecule has 0 aliphatic carbocycles. The van der Waals surface area contributed by atoms with Gasteiger partial charge in [0.05, 0.1) is 5.69 Å². The Morgan fingerprint density at radius 3 is 1.52 bits per heavy atom. The second-order valence-corrected chi connectivity index (χ2v) is 18.3. The van der Waals surface area contributed by atoms with Crippen LogP contribution in [0.4, 0.5) is 34.1 Å². The van der Waals surface area contributed by atoms with Crippen molar-refractivity contribution in [3.05, 3.63) is 253 Å². The molecule has 10 aromatic rings. The fraction of sp³-hybridized carbons (Fsp3) is 0.0323. The lowest BCUT2D eigenvalue weighted by atomic mass is 9.45. The predicted molar refractivity (Wildman–Crippen MR) is 283 cm³/mol. The van der Waals surface area contributed by atoms with Crippen LogP contribution < -0.4 is 45.7 Å². The molecule has 0 bridgehead atoms. The number of ether oxygens (including phenoxy) is 1. The standard InChI is InChI=1S/C62H42B2N2O3/c1-40-61-52(39-53-62(40)67-57-36-43(35-50-48-31-17-19-33-55(48)69-64(53)60(50)57)58(41-21-7-2-8-22-41)42-23-9-3-10-24-42)63-59-51(49-32-18-20-34-56(49)68-63)37-47(38-54(59)66(61)46-29-15-6-16-30-46)65(44-25-11-4-12-26-44)45-27-13-5-14-28-45/h2-39,58H,1H3. The van der Waals surface area contributed by atoms with E-state index in [1.165, 1.54) is 11.1 Å². The maximum atomic E-state index is 7.46. The van der Waals surface area contributed by atoms with Gasteiger partial charge in [0.1, 0.15) is 23.0 Å². The van der Waals surface area contributed by atoms with Gasteiger partial charge in [-0.3, -0.25) is 0 Å². The zero-order valence-electron chi connectivity index (χ0n) is 37.8. The zero-order valence-corrected chi connectivity index (χ0v) is 37.8. The Kier molecular flexibility index (Phi) is 9.00. The fourth-order valence-corrected chi connectivity index (χ4v) is 11.4. The highest BCUT2D eigenvalue weighted by atomic mass is 16.5. The van der Waals surface area contributed by atoms with E-state index in [0.717, 1.165) is 112 Å². The Labute approximate surface area is 402 Å². The maximum absolute atomic E-state index is 7.46. The fourth-order valence-electron chi connectivity index (χ4n) is 11.4.